The van der Waals surface area contributed by atoms with Crippen molar-refractivity contribution in [1.29, 1.82) is 0 Å². The Labute approximate surface area is 161 Å². The van der Waals surface area contributed by atoms with Gasteiger partial charge in [-0.15, -0.1) is 4.28 Å². The number of carbonyl (C=O) groups excluding carboxylic acids is 3. The Morgan fingerprint density at radius 2 is 1.96 bits per heavy atom. The van der Waals surface area contributed by atoms with Gasteiger partial charge < -0.3 is 16.0 Å². The molecule has 2 aliphatic heterocycles. The highest BCUT2D eigenvalue weighted by atomic mass is 32.3. The molecule has 0 aromatic heterocycles. The fourth-order valence-electron chi connectivity index (χ4n) is 3.44. The highest BCUT2D eigenvalue weighted by molar-refractivity contribution is 7.80. The summed E-state index contributed by atoms with van der Waals surface area (Å²) in [7, 11) is -4.86. The number of carbonyl (C=O) groups is 3. The number of primary amides is 1. The summed E-state index contributed by atoms with van der Waals surface area (Å²) in [4.78, 5) is 38.0. The average molecular weight is 412 g/mol. The first-order valence-corrected chi connectivity index (χ1v) is 9.92. The van der Waals surface area contributed by atoms with Crippen LogP contribution in [0.4, 0.5) is 4.79 Å². The van der Waals surface area contributed by atoms with Crippen LogP contribution in [0, 0.1) is 0 Å². The third-order valence-electron chi connectivity index (χ3n) is 4.74. The van der Waals surface area contributed by atoms with Crippen LogP contribution in [0.25, 0.3) is 0 Å². The minimum absolute atomic E-state index is 0.0619. The molecule has 28 heavy (non-hydrogen) atoms. The maximum atomic E-state index is 12.7. The number of nitrogens with zero attached hydrogens (tertiary/aromatic N) is 2. The van der Waals surface area contributed by atoms with Crippen molar-refractivity contribution < 1.29 is 31.6 Å². The van der Waals surface area contributed by atoms with Gasteiger partial charge in [0.1, 0.15) is 12.1 Å². The van der Waals surface area contributed by atoms with Crippen molar-refractivity contribution in [2.45, 2.75) is 37.4 Å². The predicted molar refractivity (Wildman–Crippen MR) is 94.7 cm³/mol. The third-order valence-corrected chi connectivity index (χ3v) is 5.09. The SMILES string of the molecule is NC(=O)C(Cc1ccccc1)NC(=O)C1CC[C@@H]2CN1C(=O)N2OS(=O)(=O)O. The first kappa shape index (κ1) is 20.0. The third kappa shape index (κ3) is 4.40. The summed E-state index contributed by atoms with van der Waals surface area (Å²) in [5, 5.41) is 3.12. The van der Waals surface area contributed by atoms with Crippen LogP contribution < -0.4 is 11.1 Å². The van der Waals surface area contributed by atoms with E-state index in [0.29, 0.717) is 5.06 Å². The minimum atomic E-state index is -4.86. The maximum Gasteiger partial charge on any atom is 0.418 e. The molecule has 11 nitrogen and oxygen atoms in total. The van der Waals surface area contributed by atoms with Crippen molar-refractivity contribution in [2.75, 3.05) is 6.54 Å². The first-order chi connectivity index (χ1) is 13.2. The number of hydrogen-bond donors (Lipinski definition) is 3. The number of nitrogens with one attached hydrogen (secondary N) is 1. The van der Waals surface area contributed by atoms with E-state index in [2.05, 4.69) is 9.60 Å². The van der Waals surface area contributed by atoms with Crippen LogP contribution in [0.15, 0.2) is 30.3 Å². The van der Waals surface area contributed by atoms with Crippen LogP contribution in [0.2, 0.25) is 0 Å². The van der Waals surface area contributed by atoms with Gasteiger partial charge in [0, 0.05) is 13.0 Å². The number of urea groups is 1. The van der Waals surface area contributed by atoms with Crippen LogP contribution in [0.5, 0.6) is 0 Å². The smallest absolute Gasteiger partial charge is 0.368 e. The summed E-state index contributed by atoms with van der Waals surface area (Å²) in [5.41, 5.74) is 6.21. The monoisotopic (exact) mass is 412 g/mol. The molecule has 4 N–H and O–H groups in total. The van der Waals surface area contributed by atoms with Crippen LogP contribution in [-0.2, 0) is 30.7 Å². The Hall–Kier alpha value is -2.70. The standard InChI is InChI=1S/C16H20N4O7S/c17-14(21)12(8-10-4-2-1-3-5-10)18-15(22)13-7-6-11-9-19(13)16(23)20(11)27-28(24,25)26/h1-5,11-13H,6-9H2,(H2,17,21)(H,18,22)(H,24,25,26)/t11-,12?,13?/m1/s1. The molecule has 1 aromatic carbocycles. The lowest BCUT2D eigenvalue weighted by molar-refractivity contribution is -0.130. The van der Waals surface area contributed by atoms with Gasteiger partial charge in [-0.2, -0.15) is 13.5 Å². The predicted octanol–water partition coefficient (Wildman–Crippen LogP) is -0.798. The number of nitrogens with two attached hydrogens (primary N) is 1. The van der Waals surface area contributed by atoms with E-state index in [1.54, 1.807) is 24.3 Å². The lowest BCUT2D eigenvalue weighted by atomic mass is 9.99. The highest BCUT2D eigenvalue weighted by Crippen LogP contribution is 2.30. The van der Waals surface area contributed by atoms with Gasteiger partial charge in [-0.25, -0.2) is 4.79 Å². The summed E-state index contributed by atoms with van der Waals surface area (Å²) < 4.78 is 35.0. The lowest BCUT2D eigenvalue weighted by Crippen LogP contribution is -2.55. The van der Waals surface area contributed by atoms with E-state index < -0.39 is 46.4 Å². The van der Waals surface area contributed by atoms with E-state index in [0.717, 1.165) is 10.5 Å². The van der Waals surface area contributed by atoms with Gasteiger partial charge in [-0.1, -0.05) is 30.3 Å². The number of hydrogen-bond acceptors (Lipinski definition) is 6. The second-order valence-electron chi connectivity index (χ2n) is 6.66. The van der Waals surface area contributed by atoms with Crippen LogP contribution in [-0.4, -0.2) is 65.4 Å². The number of piperidine rings is 1. The molecule has 0 radical (unpaired) electrons. The van der Waals surface area contributed by atoms with Gasteiger partial charge >= 0.3 is 16.4 Å². The largest absolute Gasteiger partial charge is 0.418 e. The molecule has 2 bridgehead atoms. The molecule has 2 saturated heterocycles. The van der Waals surface area contributed by atoms with E-state index in [1.807, 2.05) is 6.07 Å². The van der Waals surface area contributed by atoms with Gasteiger partial charge in [-0.3, -0.25) is 14.1 Å². The van der Waals surface area contributed by atoms with E-state index in [1.165, 1.54) is 0 Å². The normalized spacial score (nSPS) is 22.8. The number of hydroxylamine groups is 2. The summed E-state index contributed by atoms with van der Waals surface area (Å²) in [6, 6.07) is 5.68. The second-order valence-corrected chi connectivity index (χ2v) is 7.67. The lowest BCUT2D eigenvalue weighted by Gasteiger charge is -2.30. The van der Waals surface area contributed by atoms with Gasteiger partial charge in [-0.05, 0) is 18.4 Å². The number of amides is 4. The summed E-state index contributed by atoms with van der Waals surface area (Å²) in [6.45, 7) is 0.0619. The number of benzene rings is 1. The van der Waals surface area contributed by atoms with Crippen molar-refractivity contribution in [1.82, 2.24) is 15.3 Å². The molecule has 0 saturated carbocycles. The summed E-state index contributed by atoms with van der Waals surface area (Å²) in [6.07, 6.45) is 0.726. The topological polar surface area (TPSA) is 159 Å². The van der Waals surface area contributed by atoms with Gasteiger partial charge in [0.05, 0.1) is 6.04 Å². The fourth-order valence-corrected chi connectivity index (χ4v) is 3.83. The van der Waals surface area contributed by atoms with E-state index in [-0.39, 0.29) is 25.8 Å². The van der Waals surface area contributed by atoms with Gasteiger partial charge in [0.15, 0.2) is 0 Å². The molecule has 3 rings (SSSR count). The quantitative estimate of drug-likeness (QED) is 0.494. The molecule has 2 fully saturated rings. The minimum Gasteiger partial charge on any atom is -0.368 e. The van der Waals surface area contributed by atoms with E-state index in [4.69, 9.17) is 10.3 Å². The fraction of sp³-hybridized carbons (Fsp3) is 0.438. The molecular weight excluding hydrogens is 392 g/mol. The Kier molecular flexibility index (Phi) is 5.54. The molecule has 1 aromatic rings. The molecular formula is C16H20N4O7S. The Balaban J connectivity index is 1.69. The summed E-state index contributed by atoms with van der Waals surface area (Å²) in [5.74, 6) is -1.28. The van der Waals surface area contributed by atoms with Crippen molar-refractivity contribution in [3.8, 4) is 0 Å². The van der Waals surface area contributed by atoms with E-state index in [9.17, 15) is 22.8 Å². The highest BCUT2D eigenvalue weighted by Gasteiger charge is 2.49. The van der Waals surface area contributed by atoms with Gasteiger partial charge in [0.25, 0.3) is 0 Å². The van der Waals surface area contributed by atoms with Crippen LogP contribution in [0.3, 0.4) is 0 Å². The molecule has 0 aliphatic carbocycles. The van der Waals surface area contributed by atoms with Crippen LogP contribution >= 0.6 is 0 Å². The van der Waals surface area contributed by atoms with E-state index >= 15 is 0 Å². The second kappa shape index (κ2) is 7.73. The Bertz CT molecular complexity index is 876. The zero-order valence-electron chi connectivity index (χ0n) is 14.7. The Morgan fingerprint density at radius 1 is 1.29 bits per heavy atom. The molecule has 12 heteroatoms. The van der Waals surface area contributed by atoms with Crippen molar-refractivity contribution in [3.63, 3.8) is 0 Å². The van der Waals surface area contributed by atoms with Crippen molar-refractivity contribution in [3.05, 3.63) is 35.9 Å². The van der Waals surface area contributed by atoms with Crippen molar-refractivity contribution >= 4 is 28.2 Å². The molecule has 2 heterocycles. The van der Waals surface area contributed by atoms with Crippen LogP contribution in [0.1, 0.15) is 18.4 Å². The molecule has 3 atom stereocenters. The molecule has 4 amide bonds. The number of fused-ring (bicyclic) bond motifs is 2. The maximum absolute atomic E-state index is 12.7. The molecule has 2 aliphatic rings. The molecule has 2 unspecified atom stereocenters. The van der Waals surface area contributed by atoms with Crippen molar-refractivity contribution in [2.24, 2.45) is 5.73 Å². The average Bonchev–Trinajstić information content (AvgIpc) is 2.85. The zero-order valence-corrected chi connectivity index (χ0v) is 15.5. The van der Waals surface area contributed by atoms with Gasteiger partial charge in [0.2, 0.25) is 11.8 Å². The first-order valence-electron chi connectivity index (χ1n) is 8.56. The molecule has 152 valence electrons. The molecule has 0 spiro atoms. The zero-order chi connectivity index (χ0) is 20.5. The summed E-state index contributed by atoms with van der Waals surface area (Å²) >= 11 is 0. The Morgan fingerprint density at radius 3 is 2.57 bits per heavy atom. The number of rotatable bonds is 7.